The number of fused-ring (bicyclic) bond motifs is 1. The summed E-state index contributed by atoms with van der Waals surface area (Å²) in [6.45, 7) is 13.8. The average molecular weight is 690 g/mol. The molecule has 3 fully saturated rings. The summed E-state index contributed by atoms with van der Waals surface area (Å²) in [5.41, 5.74) is 14.2. The lowest BCUT2D eigenvalue weighted by Crippen LogP contribution is -2.51. The summed E-state index contributed by atoms with van der Waals surface area (Å²) in [6, 6.07) is 19.1. The van der Waals surface area contributed by atoms with Crippen LogP contribution in [0.3, 0.4) is 0 Å². The van der Waals surface area contributed by atoms with E-state index in [-0.39, 0.29) is 17.4 Å². The van der Waals surface area contributed by atoms with Crippen LogP contribution in [0.4, 0.5) is 11.4 Å². The molecule has 51 heavy (non-hydrogen) atoms. The molecule has 2 aromatic heterocycles. The predicted molar refractivity (Wildman–Crippen MR) is 207 cm³/mol. The molecule has 5 heterocycles. The quantitative estimate of drug-likeness (QED) is 0.174. The van der Waals surface area contributed by atoms with E-state index >= 15 is 0 Å². The molecule has 268 valence electrons. The number of hydrogen-bond donors (Lipinski definition) is 2. The molecule has 0 saturated carbocycles. The number of amidine groups is 1. The van der Waals surface area contributed by atoms with Crippen molar-refractivity contribution >= 4 is 40.4 Å². The van der Waals surface area contributed by atoms with Crippen molar-refractivity contribution in [2.24, 2.45) is 21.1 Å². The zero-order valence-corrected chi connectivity index (χ0v) is 30.4. The molecule has 3 N–H and O–H groups in total. The summed E-state index contributed by atoms with van der Waals surface area (Å²) in [6.07, 6.45) is 6.68. The van der Waals surface area contributed by atoms with E-state index in [9.17, 15) is 4.79 Å². The molecule has 0 bridgehead atoms. The van der Waals surface area contributed by atoms with Gasteiger partial charge in [0, 0.05) is 115 Å². The van der Waals surface area contributed by atoms with Crippen LogP contribution in [0.15, 0.2) is 70.8 Å². The monoisotopic (exact) mass is 689 g/mol. The van der Waals surface area contributed by atoms with Crippen LogP contribution in [0.2, 0.25) is 0 Å². The lowest BCUT2D eigenvalue weighted by Gasteiger charge is -2.37. The second-order valence-electron chi connectivity index (χ2n) is 14.5. The largest absolute Gasteiger partial charge is 0.475 e. The third-order valence-corrected chi connectivity index (χ3v) is 10.7. The Labute approximate surface area is 301 Å². The minimum absolute atomic E-state index is 0.0903. The Bertz CT molecular complexity index is 1890. The van der Waals surface area contributed by atoms with Crippen LogP contribution in [0, 0.1) is 5.41 Å². The van der Waals surface area contributed by atoms with Crippen molar-refractivity contribution in [2.45, 2.75) is 46.1 Å². The van der Waals surface area contributed by atoms with Gasteiger partial charge in [-0.1, -0.05) is 6.92 Å². The van der Waals surface area contributed by atoms with Crippen LogP contribution in [0.5, 0.6) is 5.88 Å². The molecule has 1 atom stereocenters. The lowest BCUT2D eigenvalue weighted by atomic mass is 9.86. The number of nitrogens with two attached hydrogens (primary N) is 1. The number of anilines is 2. The number of pyridine rings is 1. The van der Waals surface area contributed by atoms with E-state index in [1.54, 1.807) is 7.05 Å². The number of benzene rings is 2. The normalized spacial score (nSPS) is 20.2. The van der Waals surface area contributed by atoms with E-state index in [1.165, 1.54) is 28.7 Å². The molecular weight excluding hydrogens is 639 g/mol. The van der Waals surface area contributed by atoms with E-state index in [1.807, 2.05) is 43.1 Å². The maximum atomic E-state index is 13.5. The Morgan fingerprint density at radius 1 is 0.980 bits per heavy atom. The fraction of sp³-hybridized carbons (Fsp3) is 0.450. The van der Waals surface area contributed by atoms with Gasteiger partial charge in [0.05, 0.1) is 12.6 Å². The number of likely N-dealkylation sites (tertiary alicyclic amines) is 1. The van der Waals surface area contributed by atoms with Gasteiger partial charge >= 0.3 is 0 Å². The highest BCUT2D eigenvalue weighted by atomic mass is 16.5. The first-order valence-corrected chi connectivity index (χ1v) is 18.4. The van der Waals surface area contributed by atoms with Crippen molar-refractivity contribution in [3.05, 3.63) is 72.1 Å². The second kappa shape index (κ2) is 14.8. The summed E-state index contributed by atoms with van der Waals surface area (Å²) < 4.78 is 5.80. The summed E-state index contributed by atoms with van der Waals surface area (Å²) >= 11 is 0. The molecule has 3 aliphatic rings. The number of aromatic nitrogens is 2. The lowest BCUT2D eigenvalue weighted by molar-refractivity contribution is -0.132. The number of aromatic amines is 1. The number of amides is 1. The third kappa shape index (κ3) is 7.44. The Morgan fingerprint density at radius 2 is 1.75 bits per heavy atom. The predicted octanol–water partition coefficient (Wildman–Crippen LogP) is 5.19. The number of piperazine rings is 1. The van der Waals surface area contributed by atoms with E-state index in [4.69, 9.17) is 10.5 Å². The van der Waals surface area contributed by atoms with Gasteiger partial charge in [0.2, 0.25) is 11.8 Å². The molecule has 4 aromatic rings. The molecule has 11 nitrogen and oxygen atoms in total. The molecule has 3 saturated heterocycles. The zero-order chi connectivity index (χ0) is 35.5. The molecule has 11 heteroatoms. The zero-order valence-electron chi connectivity index (χ0n) is 30.4. The van der Waals surface area contributed by atoms with E-state index in [2.05, 4.69) is 78.0 Å². The number of rotatable bonds is 10. The number of ether oxygens (including phenoxy) is 1. The maximum Gasteiger partial charge on any atom is 0.236 e. The van der Waals surface area contributed by atoms with Gasteiger partial charge in [-0.15, -0.1) is 0 Å². The van der Waals surface area contributed by atoms with Gasteiger partial charge in [-0.2, -0.15) is 0 Å². The van der Waals surface area contributed by atoms with Gasteiger partial charge in [-0.05, 0) is 88.2 Å². The minimum atomic E-state index is 0.0903. The summed E-state index contributed by atoms with van der Waals surface area (Å²) in [5, 5.41) is 1.23. The fourth-order valence-electron chi connectivity index (χ4n) is 8.06. The number of hydrogen-bond acceptors (Lipinski definition) is 7. The van der Waals surface area contributed by atoms with Crippen molar-refractivity contribution in [3.63, 3.8) is 0 Å². The van der Waals surface area contributed by atoms with Crippen molar-refractivity contribution < 1.29 is 9.53 Å². The van der Waals surface area contributed by atoms with Crippen molar-refractivity contribution in [2.75, 3.05) is 75.8 Å². The van der Waals surface area contributed by atoms with Crippen molar-refractivity contribution in [3.8, 4) is 17.0 Å². The smallest absolute Gasteiger partial charge is 0.236 e. The van der Waals surface area contributed by atoms with Crippen LogP contribution in [-0.2, 0) is 11.2 Å². The number of aryl methyl sites for hydroxylation is 1. The first-order chi connectivity index (χ1) is 24.7. The van der Waals surface area contributed by atoms with Crippen LogP contribution in [0.25, 0.3) is 22.0 Å². The highest BCUT2D eigenvalue weighted by Crippen LogP contribution is 2.42. The van der Waals surface area contributed by atoms with Crippen LogP contribution in [0.1, 0.15) is 44.9 Å². The third-order valence-electron chi connectivity index (χ3n) is 10.7. The Hall–Kier alpha value is -4.90. The highest BCUT2D eigenvalue weighted by molar-refractivity contribution is 6.01. The molecule has 1 spiro atoms. The molecule has 3 aliphatic heterocycles. The number of nitrogens with zero attached hydrogens (tertiary/aromatic N) is 7. The summed E-state index contributed by atoms with van der Waals surface area (Å²) in [7, 11) is 1.67. The number of nitrogens with one attached hydrogen (secondary N) is 1. The van der Waals surface area contributed by atoms with Crippen LogP contribution in [-0.4, -0.2) is 110 Å². The van der Waals surface area contributed by atoms with Gasteiger partial charge < -0.3 is 30.2 Å². The standard InChI is InChI=1S/C40H51N9O2/c1-5-34-38(30-8-13-36(43-23-30)51-28(2)3)33-22-32(11-12-35(33)45-34)49-17-15-40(26-49)14-16-46(25-40)24-37(50)48-20-18-47(19-21-48)31-9-6-29(7-10-31)39(41)44-27-42-4/h6-13,22-23,27-28,45H,5,14-21,24-26H2,1-4H3,(H2,41,42,44). The molecule has 1 amide bonds. The van der Waals surface area contributed by atoms with Crippen LogP contribution >= 0.6 is 0 Å². The van der Waals surface area contributed by atoms with Gasteiger partial charge in [-0.25, -0.2) is 9.98 Å². The van der Waals surface area contributed by atoms with Crippen molar-refractivity contribution in [1.82, 2.24) is 19.8 Å². The first-order valence-electron chi connectivity index (χ1n) is 18.4. The van der Waals surface area contributed by atoms with Crippen molar-refractivity contribution in [1.29, 1.82) is 0 Å². The highest BCUT2D eigenvalue weighted by Gasteiger charge is 2.44. The molecular formula is C40H51N9O2. The van der Waals surface area contributed by atoms with E-state index in [0.717, 1.165) is 94.0 Å². The molecule has 2 aromatic carbocycles. The SMILES string of the molecule is CCc1[nH]c2ccc(N3CCC4(CCN(CC(=O)N5CCN(c6ccc(C(N)=NC=NC)cc6)CC5)C4)C3)cc2c1-c1ccc(OC(C)C)nc1. The maximum absolute atomic E-state index is 13.5. The van der Waals surface area contributed by atoms with E-state index in [0.29, 0.717) is 18.3 Å². The number of aliphatic imine (C=N–C) groups is 2. The summed E-state index contributed by atoms with van der Waals surface area (Å²) in [4.78, 5) is 39.0. The number of H-pyrrole nitrogens is 1. The Balaban J connectivity index is 0.946. The average Bonchev–Trinajstić information content (AvgIpc) is 3.86. The van der Waals surface area contributed by atoms with Gasteiger partial charge in [0.1, 0.15) is 12.2 Å². The Morgan fingerprint density at radius 3 is 2.45 bits per heavy atom. The Kier molecular flexibility index (Phi) is 9.99. The molecule has 0 radical (unpaired) electrons. The first kappa shape index (κ1) is 34.5. The number of carbonyl (C=O) groups is 1. The fourth-order valence-corrected chi connectivity index (χ4v) is 8.06. The minimum Gasteiger partial charge on any atom is -0.475 e. The molecule has 0 aliphatic carbocycles. The summed E-state index contributed by atoms with van der Waals surface area (Å²) in [5.74, 6) is 1.34. The van der Waals surface area contributed by atoms with Gasteiger partial charge in [0.15, 0.2) is 0 Å². The van der Waals surface area contributed by atoms with Gasteiger partial charge in [-0.3, -0.25) is 14.7 Å². The van der Waals surface area contributed by atoms with Gasteiger partial charge in [0.25, 0.3) is 0 Å². The van der Waals surface area contributed by atoms with Crippen LogP contribution < -0.4 is 20.3 Å². The second-order valence-corrected chi connectivity index (χ2v) is 14.5. The topological polar surface area (TPSA) is 119 Å². The molecule has 7 rings (SSSR count). The number of carbonyl (C=O) groups excluding carboxylic acids is 1. The van der Waals surface area contributed by atoms with E-state index < -0.39 is 0 Å². The molecule has 1 unspecified atom stereocenters.